The molecular weight excluding hydrogens is 433 g/mol. The maximum atomic E-state index is 13.3. The van der Waals surface area contributed by atoms with Gasteiger partial charge in [0, 0.05) is 25.7 Å². The molecule has 4 heterocycles. The predicted molar refractivity (Wildman–Crippen MR) is 121 cm³/mol. The highest BCUT2D eigenvalue weighted by Gasteiger charge is 2.39. The number of hydrogen-bond donors (Lipinski definition) is 2. The Labute approximate surface area is 190 Å². The number of anilines is 3. The Morgan fingerprint density at radius 1 is 1.15 bits per heavy atom. The lowest BCUT2D eigenvalue weighted by Crippen LogP contribution is -2.37. The Morgan fingerprint density at radius 2 is 1.91 bits per heavy atom. The van der Waals surface area contributed by atoms with E-state index in [9.17, 15) is 13.2 Å². The third kappa shape index (κ3) is 5.12. The van der Waals surface area contributed by atoms with E-state index in [1.54, 1.807) is 13.1 Å². The van der Waals surface area contributed by atoms with Gasteiger partial charge in [-0.05, 0) is 43.7 Å². The lowest BCUT2D eigenvalue weighted by atomic mass is 10.1. The van der Waals surface area contributed by atoms with Gasteiger partial charge in [0.15, 0.2) is 11.5 Å². The Bertz CT molecular complexity index is 1100. The van der Waals surface area contributed by atoms with Gasteiger partial charge in [0.05, 0.1) is 11.9 Å². The van der Waals surface area contributed by atoms with Gasteiger partial charge >= 0.3 is 6.18 Å². The summed E-state index contributed by atoms with van der Waals surface area (Å²) >= 11 is 0. The molecule has 1 unspecified atom stereocenters. The summed E-state index contributed by atoms with van der Waals surface area (Å²) in [5, 5.41) is 6.66. The van der Waals surface area contributed by atoms with Crippen LogP contribution in [0.2, 0.25) is 0 Å². The normalized spacial score (nSPS) is 15.7. The van der Waals surface area contributed by atoms with Gasteiger partial charge in [-0.15, -0.1) is 5.10 Å². The van der Waals surface area contributed by atoms with Crippen molar-refractivity contribution in [3.05, 3.63) is 35.3 Å². The molecular formula is C22H29F3N8. The summed E-state index contributed by atoms with van der Waals surface area (Å²) in [6.07, 6.45) is 3.38. The van der Waals surface area contributed by atoms with Crippen molar-refractivity contribution in [2.24, 2.45) is 0 Å². The number of aryl methyl sites for hydroxylation is 1. The van der Waals surface area contributed by atoms with Gasteiger partial charge in [-0.25, -0.2) is 14.5 Å². The molecule has 0 amide bonds. The van der Waals surface area contributed by atoms with E-state index >= 15 is 0 Å². The molecule has 0 saturated carbocycles. The van der Waals surface area contributed by atoms with Crippen molar-refractivity contribution in [3.63, 3.8) is 0 Å². The standard InChI is InChI=1S/C22H29F3N8/c1-3-7-17(22(23,24)25)29-21-30-18(26)20-28-13-16(33(20)31-21)11-15-10-14(2)19(27-12-15)32-8-5-4-6-9-32/h10,12-13,17H,3-9,11H2,1-2H3,(H3,26,29,30,31). The van der Waals surface area contributed by atoms with Crippen molar-refractivity contribution in [1.29, 1.82) is 0 Å². The molecule has 1 aliphatic heterocycles. The fraction of sp³-hybridized carbons (Fsp3) is 0.545. The quantitative estimate of drug-likeness (QED) is 0.545. The molecule has 4 rings (SSSR count). The van der Waals surface area contributed by atoms with Crippen molar-refractivity contribution < 1.29 is 13.2 Å². The van der Waals surface area contributed by atoms with Crippen LogP contribution in [0.25, 0.3) is 5.65 Å². The molecule has 1 saturated heterocycles. The van der Waals surface area contributed by atoms with Crippen LogP contribution in [0, 0.1) is 6.92 Å². The lowest BCUT2D eigenvalue weighted by Gasteiger charge is -2.29. The van der Waals surface area contributed by atoms with E-state index in [-0.39, 0.29) is 18.2 Å². The first-order valence-corrected chi connectivity index (χ1v) is 11.3. The van der Waals surface area contributed by atoms with Crippen LogP contribution in [0.15, 0.2) is 18.5 Å². The average Bonchev–Trinajstić information content (AvgIpc) is 3.17. The molecule has 3 aromatic heterocycles. The fourth-order valence-electron chi connectivity index (χ4n) is 4.26. The molecule has 0 aromatic carbocycles. The van der Waals surface area contributed by atoms with Crippen molar-refractivity contribution in [3.8, 4) is 0 Å². The second-order valence-electron chi connectivity index (χ2n) is 8.54. The number of nitrogens with zero attached hydrogens (tertiary/aromatic N) is 6. The maximum Gasteiger partial charge on any atom is 0.408 e. The number of piperidine rings is 1. The molecule has 1 fully saturated rings. The molecule has 3 N–H and O–H groups in total. The van der Waals surface area contributed by atoms with E-state index in [1.807, 2.05) is 13.1 Å². The van der Waals surface area contributed by atoms with Crippen molar-refractivity contribution in [2.75, 3.05) is 29.0 Å². The second-order valence-corrected chi connectivity index (χ2v) is 8.54. The zero-order valence-electron chi connectivity index (χ0n) is 18.9. The summed E-state index contributed by atoms with van der Waals surface area (Å²) in [5.41, 5.74) is 9.02. The van der Waals surface area contributed by atoms with Gasteiger partial charge in [-0.1, -0.05) is 19.4 Å². The molecule has 1 aliphatic rings. The first-order chi connectivity index (χ1) is 15.8. The summed E-state index contributed by atoms with van der Waals surface area (Å²) in [5.74, 6) is 0.847. The molecule has 8 nitrogen and oxygen atoms in total. The highest BCUT2D eigenvalue weighted by Crippen LogP contribution is 2.27. The van der Waals surface area contributed by atoms with Gasteiger partial charge in [0.1, 0.15) is 11.9 Å². The largest absolute Gasteiger partial charge is 0.408 e. The van der Waals surface area contributed by atoms with Crippen LogP contribution < -0.4 is 16.0 Å². The number of alkyl halides is 3. The number of hydrogen-bond acceptors (Lipinski definition) is 7. The summed E-state index contributed by atoms with van der Waals surface area (Å²) in [6, 6.07) is 0.335. The number of halogens is 3. The van der Waals surface area contributed by atoms with E-state index in [2.05, 4.69) is 36.3 Å². The van der Waals surface area contributed by atoms with E-state index < -0.39 is 12.2 Å². The topological polar surface area (TPSA) is 97.3 Å². The molecule has 1 atom stereocenters. The molecule has 0 aliphatic carbocycles. The number of nitrogens with two attached hydrogens (primary N) is 1. The number of imidazole rings is 1. The summed E-state index contributed by atoms with van der Waals surface area (Å²) in [7, 11) is 0. The summed E-state index contributed by atoms with van der Waals surface area (Å²) in [4.78, 5) is 15.3. The first-order valence-electron chi connectivity index (χ1n) is 11.3. The van der Waals surface area contributed by atoms with E-state index in [4.69, 9.17) is 5.73 Å². The lowest BCUT2D eigenvalue weighted by molar-refractivity contribution is -0.143. The van der Waals surface area contributed by atoms with Crippen molar-refractivity contribution >= 4 is 23.2 Å². The van der Waals surface area contributed by atoms with Gasteiger partial charge in [0.2, 0.25) is 5.95 Å². The number of nitrogens with one attached hydrogen (secondary N) is 1. The number of aromatic nitrogens is 5. The van der Waals surface area contributed by atoms with Crippen LogP contribution in [0.5, 0.6) is 0 Å². The summed E-state index contributed by atoms with van der Waals surface area (Å²) in [6.45, 7) is 5.77. The van der Waals surface area contributed by atoms with Gasteiger partial charge < -0.3 is 16.0 Å². The first kappa shape index (κ1) is 23.1. The van der Waals surface area contributed by atoms with Gasteiger partial charge in [-0.2, -0.15) is 18.2 Å². The average molecular weight is 463 g/mol. The monoisotopic (exact) mass is 462 g/mol. The molecule has 178 valence electrons. The minimum absolute atomic E-state index is 0.0194. The van der Waals surface area contributed by atoms with E-state index in [1.165, 1.54) is 23.8 Å². The number of fused-ring (bicyclic) bond motifs is 1. The molecule has 33 heavy (non-hydrogen) atoms. The second kappa shape index (κ2) is 9.40. The molecule has 11 heteroatoms. The fourth-order valence-corrected chi connectivity index (χ4v) is 4.26. The SMILES string of the molecule is CCCC(Nc1nc(N)c2ncc(Cc3cnc(N4CCCCC4)c(C)c3)n2n1)C(F)(F)F. The highest BCUT2D eigenvalue weighted by molar-refractivity contribution is 5.61. The predicted octanol–water partition coefficient (Wildman–Crippen LogP) is 4.13. The molecule has 0 spiro atoms. The third-order valence-electron chi connectivity index (χ3n) is 5.88. The smallest absolute Gasteiger partial charge is 0.380 e. The number of rotatable bonds is 7. The van der Waals surface area contributed by atoms with Crippen LogP contribution in [0.3, 0.4) is 0 Å². The maximum absolute atomic E-state index is 13.3. The van der Waals surface area contributed by atoms with Gasteiger partial charge in [-0.3, -0.25) is 0 Å². The van der Waals surface area contributed by atoms with Crippen LogP contribution in [-0.4, -0.2) is 49.9 Å². The molecule has 0 radical (unpaired) electrons. The number of pyridine rings is 1. The highest BCUT2D eigenvalue weighted by atomic mass is 19.4. The third-order valence-corrected chi connectivity index (χ3v) is 5.88. The molecule has 3 aromatic rings. The zero-order chi connectivity index (χ0) is 23.6. The molecule has 0 bridgehead atoms. The Morgan fingerprint density at radius 3 is 2.58 bits per heavy atom. The Balaban J connectivity index is 1.59. The van der Waals surface area contributed by atoms with E-state index in [0.717, 1.165) is 30.0 Å². The van der Waals surface area contributed by atoms with Crippen LogP contribution >= 0.6 is 0 Å². The van der Waals surface area contributed by atoms with Crippen LogP contribution in [0.1, 0.15) is 55.8 Å². The minimum atomic E-state index is -4.42. The van der Waals surface area contributed by atoms with Crippen LogP contribution in [-0.2, 0) is 6.42 Å². The van der Waals surface area contributed by atoms with Crippen molar-refractivity contribution in [2.45, 2.75) is 64.6 Å². The Kier molecular flexibility index (Phi) is 6.57. The minimum Gasteiger partial charge on any atom is -0.380 e. The van der Waals surface area contributed by atoms with Gasteiger partial charge in [0.25, 0.3) is 0 Å². The zero-order valence-corrected chi connectivity index (χ0v) is 18.9. The van der Waals surface area contributed by atoms with Crippen LogP contribution in [0.4, 0.5) is 30.8 Å². The Hall–Kier alpha value is -3.11. The van der Waals surface area contributed by atoms with Crippen molar-refractivity contribution in [1.82, 2.24) is 24.6 Å². The summed E-state index contributed by atoms with van der Waals surface area (Å²) < 4.78 is 41.5. The van der Waals surface area contributed by atoms with E-state index in [0.29, 0.717) is 24.2 Å². The number of nitrogen functional groups attached to an aromatic ring is 1.